The van der Waals surface area contributed by atoms with Gasteiger partial charge < -0.3 is 5.11 Å². The van der Waals surface area contributed by atoms with Crippen molar-refractivity contribution in [1.82, 2.24) is 0 Å². The van der Waals surface area contributed by atoms with E-state index in [0.717, 1.165) is 12.0 Å². The van der Waals surface area contributed by atoms with Crippen molar-refractivity contribution in [3.63, 3.8) is 0 Å². The highest BCUT2D eigenvalue weighted by Crippen LogP contribution is 2.51. The molecule has 0 radical (unpaired) electrons. The van der Waals surface area contributed by atoms with Gasteiger partial charge in [0.05, 0.1) is 5.92 Å². The van der Waals surface area contributed by atoms with Gasteiger partial charge in [0.2, 0.25) is 0 Å². The van der Waals surface area contributed by atoms with Crippen LogP contribution in [-0.2, 0) is 4.79 Å². The second-order valence-electron chi connectivity index (χ2n) is 4.82. The maximum absolute atomic E-state index is 11.2. The van der Waals surface area contributed by atoms with E-state index in [4.69, 9.17) is 0 Å². The van der Waals surface area contributed by atoms with E-state index in [2.05, 4.69) is 6.92 Å². The van der Waals surface area contributed by atoms with Crippen molar-refractivity contribution in [2.45, 2.75) is 32.1 Å². The largest absolute Gasteiger partial charge is 0.481 e. The van der Waals surface area contributed by atoms with Gasteiger partial charge in [-0.3, -0.25) is 4.79 Å². The molecule has 0 amide bonds. The average Bonchev–Trinajstić information content (AvgIpc) is 2.95. The van der Waals surface area contributed by atoms with E-state index < -0.39 is 5.97 Å². The molecule has 0 bridgehead atoms. The first-order valence-electron chi connectivity index (χ1n) is 5.38. The second kappa shape index (κ2) is 3.69. The standard InChI is InChI=1S/C13H16O2/c1-13(7-8-13)9-11(12(14)15)10-5-3-2-4-6-10/h2-6,11H,7-9H2,1H3,(H,14,15). The van der Waals surface area contributed by atoms with Crippen LogP contribution in [0.5, 0.6) is 0 Å². The summed E-state index contributed by atoms with van der Waals surface area (Å²) in [7, 11) is 0. The third-order valence-corrected chi connectivity index (χ3v) is 3.30. The van der Waals surface area contributed by atoms with Gasteiger partial charge in [-0.05, 0) is 30.2 Å². The average molecular weight is 204 g/mol. The maximum atomic E-state index is 11.2. The van der Waals surface area contributed by atoms with Crippen LogP contribution in [0, 0.1) is 5.41 Å². The zero-order valence-corrected chi connectivity index (χ0v) is 8.94. The lowest BCUT2D eigenvalue weighted by Crippen LogP contribution is -2.15. The molecule has 1 aromatic carbocycles. The first kappa shape index (κ1) is 10.2. The first-order chi connectivity index (χ1) is 7.11. The van der Waals surface area contributed by atoms with Crippen molar-refractivity contribution in [3.05, 3.63) is 35.9 Å². The third-order valence-electron chi connectivity index (χ3n) is 3.30. The van der Waals surface area contributed by atoms with Gasteiger partial charge in [-0.15, -0.1) is 0 Å². The Balaban J connectivity index is 2.16. The van der Waals surface area contributed by atoms with Crippen LogP contribution in [0.4, 0.5) is 0 Å². The fourth-order valence-electron chi connectivity index (χ4n) is 1.94. The van der Waals surface area contributed by atoms with Crippen molar-refractivity contribution in [2.75, 3.05) is 0 Å². The molecule has 1 N–H and O–H groups in total. The Bertz CT molecular complexity index is 352. The summed E-state index contributed by atoms with van der Waals surface area (Å²) in [5.41, 5.74) is 1.21. The van der Waals surface area contributed by atoms with E-state index in [1.54, 1.807) is 0 Å². The smallest absolute Gasteiger partial charge is 0.310 e. The Hall–Kier alpha value is -1.31. The Morgan fingerprint density at radius 2 is 2.00 bits per heavy atom. The molecule has 2 heteroatoms. The SMILES string of the molecule is CC1(CC(C(=O)O)c2ccccc2)CC1. The molecule has 80 valence electrons. The van der Waals surface area contributed by atoms with Crippen LogP contribution in [0.1, 0.15) is 37.7 Å². The van der Waals surface area contributed by atoms with E-state index in [-0.39, 0.29) is 11.3 Å². The van der Waals surface area contributed by atoms with E-state index in [1.165, 1.54) is 12.8 Å². The van der Waals surface area contributed by atoms with E-state index >= 15 is 0 Å². The molecule has 1 unspecified atom stereocenters. The summed E-state index contributed by atoms with van der Waals surface area (Å²) >= 11 is 0. The third kappa shape index (κ3) is 2.38. The lowest BCUT2D eigenvalue weighted by Gasteiger charge is -2.16. The van der Waals surface area contributed by atoms with Crippen LogP contribution in [0.3, 0.4) is 0 Å². The number of hydrogen-bond donors (Lipinski definition) is 1. The number of hydrogen-bond acceptors (Lipinski definition) is 1. The van der Waals surface area contributed by atoms with Gasteiger partial charge in [0.15, 0.2) is 0 Å². The van der Waals surface area contributed by atoms with Gasteiger partial charge in [0.1, 0.15) is 0 Å². The zero-order valence-electron chi connectivity index (χ0n) is 8.94. The number of rotatable bonds is 4. The molecular formula is C13H16O2. The summed E-state index contributed by atoms with van der Waals surface area (Å²) in [4.78, 5) is 11.2. The Labute approximate surface area is 89.9 Å². The Kier molecular flexibility index (Phi) is 2.51. The molecule has 1 aliphatic rings. The molecule has 2 nitrogen and oxygen atoms in total. The predicted molar refractivity (Wildman–Crippen MR) is 58.8 cm³/mol. The molecule has 1 aromatic rings. The number of carboxylic acid groups (broad SMARTS) is 1. The van der Waals surface area contributed by atoms with Crippen LogP contribution in [0.25, 0.3) is 0 Å². The molecule has 1 fully saturated rings. The van der Waals surface area contributed by atoms with Crippen molar-refractivity contribution in [2.24, 2.45) is 5.41 Å². The number of carbonyl (C=O) groups is 1. The molecule has 15 heavy (non-hydrogen) atoms. The quantitative estimate of drug-likeness (QED) is 0.818. The molecule has 0 saturated heterocycles. The lowest BCUT2D eigenvalue weighted by atomic mass is 9.88. The van der Waals surface area contributed by atoms with Gasteiger partial charge >= 0.3 is 5.97 Å². The van der Waals surface area contributed by atoms with Crippen LogP contribution in [0.15, 0.2) is 30.3 Å². The van der Waals surface area contributed by atoms with Gasteiger partial charge in [-0.25, -0.2) is 0 Å². The summed E-state index contributed by atoms with van der Waals surface area (Å²) in [6, 6.07) is 9.54. The number of carboxylic acids is 1. The van der Waals surface area contributed by atoms with Crippen molar-refractivity contribution < 1.29 is 9.90 Å². The van der Waals surface area contributed by atoms with Crippen molar-refractivity contribution in [3.8, 4) is 0 Å². The topological polar surface area (TPSA) is 37.3 Å². The van der Waals surface area contributed by atoms with Crippen LogP contribution >= 0.6 is 0 Å². The summed E-state index contributed by atoms with van der Waals surface area (Å²) in [6.45, 7) is 2.17. The Morgan fingerprint density at radius 3 is 2.47 bits per heavy atom. The molecule has 1 saturated carbocycles. The molecular weight excluding hydrogens is 188 g/mol. The van der Waals surface area contributed by atoms with Crippen LogP contribution in [0.2, 0.25) is 0 Å². The van der Waals surface area contributed by atoms with Gasteiger partial charge in [0, 0.05) is 0 Å². The lowest BCUT2D eigenvalue weighted by molar-refractivity contribution is -0.139. The second-order valence-corrected chi connectivity index (χ2v) is 4.82. The molecule has 0 aromatic heterocycles. The van der Waals surface area contributed by atoms with Crippen molar-refractivity contribution in [1.29, 1.82) is 0 Å². The Morgan fingerprint density at radius 1 is 1.40 bits per heavy atom. The molecule has 1 atom stereocenters. The number of aliphatic carboxylic acids is 1. The fourth-order valence-corrected chi connectivity index (χ4v) is 1.94. The summed E-state index contributed by atoms with van der Waals surface area (Å²) in [5, 5.41) is 9.22. The minimum Gasteiger partial charge on any atom is -0.481 e. The van der Waals surface area contributed by atoms with E-state index in [1.807, 2.05) is 30.3 Å². The summed E-state index contributed by atoms with van der Waals surface area (Å²) in [5.74, 6) is -1.03. The molecule has 1 aliphatic carbocycles. The fraction of sp³-hybridized carbons (Fsp3) is 0.462. The minimum atomic E-state index is -0.700. The monoisotopic (exact) mass is 204 g/mol. The highest BCUT2D eigenvalue weighted by Gasteiger charge is 2.41. The van der Waals surface area contributed by atoms with Gasteiger partial charge in [-0.1, -0.05) is 37.3 Å². The highest BCUT2D eigenvalue weighted by molar-refractivity contribution is 5.76. The van der Waals surface area contributed by atoms with Crippen LogP contribution < -0.4 is 0 Å². The maximum Gasteiger partial charge on any atom is 0.310 e. The van der Waals surface area contributed by atoms with E-state index in [9.17, 15) is 9.90 Å². The summed E-state index contributed by atoms with van der Waals surface area (Å²) < 4.78 is 0. The van der Waals surface area contributed by atoms with Gasteiger partial charge in [-0.2, -0.15) is 0 Å². The van der Waals surface area contributed by atoms with Crippen molar-refractivity contribution >= 4 is 5.97 Å². The first-order valence-corrected chi connectivity index (χ1v) is 5.38. The summed E-state index contributed by atoms with van der Waals surface area (Å²) in [6.07, 6.45) is 3.11. The molecule has 0 aliphatic heterocycles. The minimum absolute atomic E-state index is 0.277. The normalized spacial score (nSPS) is 19.5. The molecule has 0 spiro atoms. The van der Waals surface area contributed by atoms with Crippen LogP contribution in [-0.4, -0.2) is 11.1 Å². The van der Waals surface area contributed by atoms with E-state index in [0.29, 0.717) is 0 Å². The predicted octanol–water partition coefficient (Wildman–Crippen LogP) is 3.05. The molecule has 0 heterocycles. The zero-order chi connectivity index (χ0) is 10.9. The highest BCUT2D eigenvalue weighted by atomic mass is 16.4. The molecule has 2 rings (SSSR count). The van der Waals surface area contributed by atoms with Gasteiger partial charge in [0.25, 0.3) is 0 Å². The number of benzene rings is 1.